The molecule has 2 aromatic heterocycles. The predicted molar refractivity (Wildman–Crippen MR) is 147 cm³/mol. The number of halogens is 2. The molecule has 5 heteroatoms. The molecule has 0 fully saturated rings. The second kappa shape index (κ2) is 10.5. The molecule has 0 saturated carbocycles. The molecule has 4 aromatic carbocycles. The van der Waals surface area contributed by atoms with Crippen LogP contribution >= 0.6 is 0 Å². The van der Waals surface area contributed by atoms with Gasteiger partial charge in [-0.2, -0.15) is 0 Å². The third kappa shape index (κ3) is 4.37. The van der Waals surface area contributed by atoms with E-state index in [4.69, 9.17) is 8.83 Å². The zero-order valence-electron chi connectivity index (χ0n) is 20.8. The summed E-state index contributed by atoms with van der Waals surface area (Å²) in [6, 6.07) is 38.9. The van der Waals surface area contributed by atoms with Crippen LogP contribution in [-0.4, -0.2) is 0 Å². The zero-order valence-corrected chi connectivity index (χ0v) is 25.9. The second-order valence-corrected chi connectivity index (χ2v) is 15.1. The number of hydrogen-bond acceptors (Lipinski definition) is 2. The van der Waals surface area contributed by atoms with Crippen molar-refractivity contribution in [2.24, 2.45) is 0 Å². The maximum absolute atomic E-state index is 6.43. The van der Waals surface area contributed by atoms with Gasteiger partial charge in [-0.15, -0.1) is 0 Å². The first-order chi connectivity index (χ1) is 18.3. The normalized spacial score (nSPS) is 17.0. The van der Waals surface area contributed by atoms with E-state index >= 15 is 0 Å². The van der Waals surface area contributed by atoms with Crippen LogP contribution in [0.25, 0.3) is 45.2 Å². The monoisotopic (exact) mass is 712 g/mol. The molecule has 0 aliphatic heterocycles. The predicted octanol–water partition coefficient (Wildman–Crippen LogP) is 3.16. The molecule has 0 N–H and O–H groups in total. The van der Waals surface area contributed by atoms with Gasteiger partial charge in [-0.3, -0.25) is 0 Å². The molecule has 2 atom stereocenters. The largest absolute Gasteiger partial charge is 1.00 e. The Bertz CT molecular complexity index is 1690. The SMILES string of the molecule is C1=C(c2cc3ccccc3o2)[CH]([Hf+2][CH]2C(c3cc4ccccc4o3)=Cc3ccccc32)c2ccccc21.[Cl-].[Cl-]. The first-order valence-corrected chi connectivity index (χ1v) is 16.8. The van der Waals surface area contributed by atoms with Crippen LogP contribution in [0, 0.1) is 0 Å². The van der Waals surface area contributed by atoms with Gasteiger partial charge in [0, 0.05) is 0 Å². The third-order valence-corrected chi connectivity index (χ3v) is 14.5. The molecule has 2 nitrogen and oxygen atoms in total. The van der Waals surface area contributed by atoms with E-state index in [0.29, 0.717) is 7.35 Å². The van der Waals surface area contributed by atoms with Gasteiger partial charge in [0.2, 0.25) is 0 Å². The molecular formula is C34H22Cl2HfO2. The number of benzene rings is 4. The smallest absolute Gasteiger partial charge is 1.00 e. The van der Waals surface area contributed by atoms with Crippen molar-refractivity contribution in [2.45, 2.75) is 7.35 Å². The number of furan rings is 2. The maximum Gasteiger partial charge on any atom is -1.00 e. The van der Waals surface area contributed by atoms with E-state index in [0.717, 1.165) is 33.5 Å². The number of rotatable bonds is 4. The number of para-hydroxylation sites is 2. The van der Waals surface area contributed by atoms with Crippen LogP contribution in [0.5, 0.6) is 0 Å². The Balaban J connectivity index is 0.00000138. The Morgan fingerprint density at radius 3 is 1.36 bits per heavy atom. The fourth-order valence-electron chi connectivity index (χ4n) is 5.85. The van der Waals surface area contributed by atoms with Crippen LogP contribution in [0.1, 0.15) is 41.1 Å². The quantitative estimate of drug-likeness (QED) is 0.263. The van der Waals surface area contributed by atoms with E-state index in [1.807, 2.05) is 12.1 Å². The molecule has 0 bridgehead atoms. The van der Waals surface area contributed by atoms with Crippen molar-refractivity contribution in [3.8, 4) is 0 Å². The van der Waals surface area contributed by atoms with E-state index in [2.05, 4.69) is 109 Å². The molecule has 2 aliphatic carbocycles. The third-order valence-electron chi connectivity index (χ3n) is 7.61. The number of allylic oxidation sites excluding steroid dienone is 2. The molecular weight excluding hydrogens is 690 g/mol. The first kappa shape index (κ1) is 26.1. The summed E-state index contributed by atoms with van der Waals surface area (Å²) in [5.74, 6) is 2.02. The summed E-state index contributed by atoms with van der Waals surface area (Å²) in [6.45, 7) is 0. The van der Waals surface area contributed by atoms with Crippen LogP contribution in [0.2, 0.25) is 0 Å². The van der Waals surface area contributed by atoms with E-state index in [-0.39, 0.29) is 24.8 Å². The zero-order chi connectivity index (χ0) is 24.3. The van der Waals surface area contributed by atoms with Crippen molar-refractivity contribution < 1.29 is 56.6 Å². The summed E-state index contributed by atoms with van der Waals surface area (Å²) in [5.41, 5.74) is 10.2. The minimum absolute atomic E-state index is 0. The van der Waals surface area contributed by atoms with Gasteiger partial charge in [0.1, 0.15) is 0 Å². The fraction of sp³-hybridized carbons (Fsp3) is 0.0588. The van der Waals surface area contributed by atoms with Crippen LogP contribution < -0.4 is 24.8 Å². The summed E-state index contributed by atoms with van der Waals surface area (Å²) in [7, 11) is 0. The van der Waals surface area contributed by atoms with Gasteiger partial charge in [-0.05, 0) is 0 Å². The van der Waals surface area contributed by atoms with Crippen molar-refractivity contribution in [3.63, 3.8) is 0 Å². The summed E-state index contributed by atoms with van der Waals surface area (Å²) in [6.07, 6.45) is 4.74. The average Bonchev–Trinajstić information content (AvgIpc) is 3.71. The van der Waals surface area contributed by atoms with Gasteiger partial charge >= 0.3 is 227 Å². The molecule has 2 heterocycles. The summed E-state index contributed by atoms with van der Waals surface area (Å²) >= 11 is -1.45. The van der Waals surface area contributed by atoms with E-state index in [9.17, 15) is 0 Å². The topological polar surface area (TPSA) is 26.3 Å². The van der Waals surface area contributed by atoms with E-state index < -0.39 is 22.9 Å². The van der Waals surface area contributed by atoms with Crippen molar-refractivity contribution in [2.75, 3.05) is 0 Å². The Kier molecular flexibility index (Phi) is 7.01. The van der Waals surface area contributed by atoms with Gasteiger partial charge in [0.15, 0.2) is 0 Å². The standard InChI is InChI=1S/2C17H11O.2ClH.Hf/c2*1-2-6-13-10-15(9-12(13)5-1)17-11-14-7-3-4-8-16(14)18-17;;;/h2*1-11H;2*1H;/q;;;;+2/p-2. The summed E-state index contributed by atoms with van der Waals surface area (Å²) in [5, 5.41) is 2.33. The average molecular weight is 712 g/mol. The van der Waals surface area contributed by atoms with Crippen molar-refractivity contribution in [3.05, 3.63) is 143 Å². The number of fused-ring (bicyclic) bond motifs is 4. The molecule has 188 valence electrons. The van der Waals surface area contributed by atoms with Crippen LogP contribution in [0.15, 0.2) is 118 Å². The van der Waals surface area contributed by atoms with E-state index in [1.165, 1.54) is 33.4 Å². The van der Waals surface area contributed by atoms with Crippen molar-refractivity contribution in [1.82, 2.24) is 0 Å². The van der Waals surface area contributed by atoms with Gasteiger partial charge in [-0.1, -0.05) is 0 Å². The molecule has 0 saturated heterocycles. The molecule has 6 aromatic rings. The fourth-order valence-corrected chi connectivity index (χ4v) is 13.1. The summed E-state index contributed by atoms with van der Waals surface area (Å²) in [4.78, 5) is 0. The molecule has 2 unspecified atom stereocenters. The van der Waals surface area contributed by atoms with E-state index in [1.54, 1.807) is 0 Å². The molecule has 0 spiro atoms. The van der Waals surface area contributed by atoms with Crippen LogP contribution in [0.4, 0.5) is 0 Å². The Hall–Kier alpha value is -3.11. The van der Waals surface area contributed by atoms with Gasteiger partial charge < -0.3 is 24.8 Å². The maximum atomic E-state index is 6.43. The Morgan fingerprint density at radius 2 is 0.897 bits per heavy atom. The number of hydrogen-bond donors (Lipinski definition) is 0. The Morgan fingerprint density at radius 1 is 0.487 bits per heavy atom. The molecule has 0 radical (unpaired) electrons. The van der Waals surface area contributed by atoms with Crippen molar-refractivity contribution >= 4 is 45.2 Å². The molecule has 0 amide bonds. The first-order valence-electron chi connectivity index (χ1n) is 12.7. The van der Waals surface area contributed by atoms with Crippen LogP contribution in [-0.2, 0) is 22.9 Å². The molecule has 2 aliphatic rings. The minimum atomic E-state index is -1.45. The Labute approximate surface area is 250 Å². The van der Waals surface area contributed by atoms with Gasteiger partial charge in [-0.25, -0.2) is 0 Å². The second-order valence-electron chi connectivity index (χ2n) is 9.79. The van der Waals surface area contributed by atoms with Gasteiger partial charge in [0.05, 0.1) is 0 Å². The summed E-state index contributed by atoms with van der Waals surface area (Å²) < 4.78 is 13.7. The van der Waals surface area contributed by atoms with Gasteiger partial charge in [0.25, 0.3) is 0 Å². The minimum Gasteiger partial charge on any atom is -1.00 e. The van der Waals surface area contributed by atoms with Crippen molar-refractivity contribution in [1.29, 1.82) is 0 Å². The molecule has 8 rings (SSSR count). The molecule has 39 heavy (non-hydrogen) atoms. The van der Waals surface area contributed by atoms with Crippen LogP contribution in [0.3, 0.4) is 0 Å².